The number of benzene rings is 1. The molecule has 1 aromatic rings. The summed E-state index contributed by atoms with van der Waals surface area (Å²) < 4.78 is 10.6. The van der Waals surface area contributed by atoms with E-state index in [-0.39, 0.29) is 17.7 Å². The molecule has 2 aliphatic heterocycles. The maximum Gasteiger partial charge on any atom is 0.254 e. The zero-order valence-corrected chi connectivity index (χ0v) is 14.3. The molecule has 130 valence electrons. The molecule has 0 aliphatic carbocycles. The Labute approximate surface area is 142 Å². The van der Waals surface area contributed by atoms with Crippen molar-refractivity contribution in [3.05, 3.63) is 29.3 Å². The van der Waals surface area contributed by atoms with Gasteiger partial charge in [-0.15, -0.1) is 0 Å². The van der Waals surface area contributed by atoms with Gasteiger partial charge in [-0.2, -0.15) is 0 Å². The summed E-state index contributed by atoms with van der Waals surface area (Å²) in [6.07, 6.45) is 0.807. The predicted molar refractivity (Wildman–Crippen MR) is 89.1 cm³/mol. The molecule has 2 amide bonds. The number of carbonyl (C=O) groups is 2. The topological polar surface area (TPSA) is 59.1 Å². The molecule has 0 saturated carbocycles. The van der Waals surface area contributed by atoms with Crippen LogP contribution in [-0.4, -0.2) is 68.1 Å². The molecule has 2 aliphatic rings. The average Bonchev–Trinajstić information content (AvgIpc) is 3.16. The number of amides is 2. The SMILES string of the molecule is COc1cc(C(=O)N2CCN(C(=O)C3CCOC3)CC2)ccc1C. The maximum atomic E-state index is 12.7. The summed E-state index contributed by atoms with van der Waals surface area (Å²) in [6.45, 7) is 5.45. The first-order chi connectivity index (χ1) is 11.6. The van der Waals surface area contributed by atoms with E-state index in [1.807, 2.05) is 24.0 Å². The van der Waals surface area contributed by atoms with Gasteiger partial charge < -0.3 is 19.3 Å². The third-order valence-electron chi connectivity index (χ3n) is 4.81. The molecule has 0 spiro atoms. The van der Waals surface area contributed by atoms with Crippen LogP contribution in [-0.2, 0) is 9.53 Å². The molecular weight excluding hydrogens is 308 g/mol. The van der Waals surface area contributed by atoms with Gasteiger partial charge in [0.1, 0.15) is 5.75 Å². The summed E-state index contributed by atoms with van der Waals surface area (Å²) >= 11 is 0. The summed E-state index contributed by atoms with van der Waals surface area (Å²) in [6, 6.07) is 5.50. The van der Waals surface area contributed by atoms with Gasteiger partial charge in [-0.3, -0.25) is 9.59 Å². The van der Waals surface area contributed by atoms with Crippen LogP contribution in [0, 0.1) is 12.8 Å². The van der Waals surface area contributed by atoms with Crippen LogP contribution < -0.4 is 4.74 Å². The molecule has 6 heteroatoms. The van der Waals surface area contributed by atoms with E-state index in [9.17, 15) is 9.59 Å². The van der Waals surface area contributed by atoms with Gasteiger partial charge >= 0.3 is 0 Å². The molecule has 0 radical (unpaired) electrons. The van der Waals surface area contributed by atoms with Crippen LogP contribution in [0.1, 0.15) is 22.3 Å². The van der Waals surface area contributed by atoms with Crippen molar-refractivity contribution in [2.24, 2.45) is 5.92 Å². The maximum absolute atomic E-state index is 12.7. The number of hydrogen-bond acceptors (Lipinski definition) is 4. The molecule has 6 nitrogen and oxygen atoms in total. The molecule has 1 unspecified atom stereocenters. The predicted octanol–water partition coefficient (Wildman–Crippen LogP) is 1.32. The van der Waals surface area contributed by atoms with Crippen molar-refractivity contribution in [1.82, 2.24) is 9.80 Å². The van der Waals surface area contributed by atoms with Crippen molar-refractivity contribution in [2.75, 3.05) is 46.5 Å². The van der Waals surface area contributed by atoms with E-state index >= 15 is 0 Å². The van der Waals surface area contributed by atoms with Gasteiger partial charge in [0.25, 0.3) is 5.91 Å². The highest BCUT2D eigenvalue weighted by Gasteiger charge is 2.31. The van der Waals surface area contributed by atoms with E-state index in [2.05, 4.69) is 0 Å². The summed E-state index contributed by atoms with van der Waals surface area (Å²) in [4.78, 5) is 28.7. The monoisotopic (exact) mass is 332 g/mol. The highest BCUT2D eigenvalue weighted by atomic mass is 16.5. The highest BCUT2D eigenvalue weighted by molar-refractivity contribution is 5.95. The number of piperazine rings is 1. The van der Waals surface area contributed by atoms with Gasteiger partial charge in [-0.25, -0.2) is 0 Å². The fourth-order valence-corrected chi connectivity index (χ4v) is 3.25. The molecule has 24 heavy (non-hydrogen) atoms. The van der Waals surface area contributed by atoms with E-state index in [1.54, 1.807) is 18.1 Å². The van der Waals surface area contributed by atoms with Gasteiger partial charge in [0.2, 0.25) is 5.91 Å². The summed E-state index contributed by atoms with van der Waals surface area (Å²) in [5.41, 5.74) is 1.63. The van der Waals surface area contributed by atoms with Crippen LogP contribution in [0.15, 0.2) is 18.2 Å². The smallest absolute Gasteiger partial charge is 0.254 e. The third-order valence-corrected chi connectivity index (χ3v) is 4.81. The van der Waals surface area contributed by atoms with Gasteiger partial charge in [0.15, 0.2) is 0 Å². The average molecular weight is 332 g/mol. The van der Waals surface area contributed by atoms with E-state index in [1.165, 1.54) is 0 Å². The van der Waals surface area contributed by atoms with E-state index < -0.39 is 0 Å². The molecule has 2 fully saturated rings. The van der Waals surface area contributed by atoms with E-state index in [0.29, 0.717) is 45.0 Å². The fraction of sp³-hybridized carbons (Fsp3) is 0.556. The minimum Gasteiger partial charge on any atom is -0.496 e. The van der Waals surface area contributed by atoms with Crippen LogP contribution in [0.2, 0.25) is 0 Å². The Kier molecular flexibility index (Phi) is 5.04. The van der Waals surface area contributed by atoms with Crippen molar-refractivity contribution < 1.29 is 19.1 Å². The first kappa shape index (κ1) is 16.8. The first-order valence-electron chi connectivity index (χ1n) is 8.40. The second kappa shape index (κ2) is 7.21. The largest absolute Gasteiger partial charge is 0.496 e. The normalized spacial score (nSPS) is 21.0. The van der Waals surface area contributed by atoms with E-state index in [4.69, 9.17) is 9.47 Å². The van der Waals surface area contributed by atoms with Crippen LogP contribution in [0.4, 0.5) is 0 Å². The van der Waals surface area contributed by atoms with Gasteiger partial charge in [0, 0.05) is 38.3 Å². The van der Waals surface area contributed by atoms with Crippen LogP contribution in [0.5, 0.6) is 5.75 Å². The molecule has 2 saturated heterocycles. The quantitative estimate of drug-likeness (QED) is 0.838. The molecule has 0 bridgehead atoms. The Hall–Kier alpha value is -2.08. The zero-order valence-electron chi connectivity index (χ0n) is 14.3. The Morgan fingerprint density at radius 1 is 1.17 bits per heavy atom. The molecule has 1 aromatic carbocycles. The van der Waals surface area contributed by atoms with Crippen molar-refractivity contribution in [2.45, 2.75) is 13.3 Å². The molecule has 1 atom stereocenters. The Balaban J connectivity index is 1.59. The number of hydrogen-bond donors (Lipinski definition) is 0. The molecule has 0 N–H and O–H groups in total. The standard InChI is InChI=1S/C18H24N2O4/c1-13-3-4-14(11-16(13)23-2)17(21)19-6-8-20(9-7-19)18(22)15-5-10-24-12-15/h3-4,11,15H,5-10,12H2,1-2H3. The van der Waals surface area contributed by atoms with E-state index in [0.717, 1.165) is 17.7 Å². The summed E-state index contributed by atoms with van der Waals surface area (Å²) in [5.74, 6) is 0.866. The van der Waals surface area contributed by atoms with Crippen molar-refractivity contribution in [3.63, 3.8) is 0 Å². The van der Waals surface area contributed by atoms with Crippen LogP contribution >= 0.6 is 0 Å². The second-order valence-electron chi connectivity index (χ2n) is 6.36. The van der Waals surface area contributed by atoms with Gasteiger partial charge in [0.05, 0.1) is 19.6 Å². The fourth-order valence-electron chi connectivity index (χ4n) is 3.25. The molecular formula is C18H24N2O4. The summed E-state index contributed by atoms with van der Waals surface area (Å²) in [7, 11) is 1.60. The van der Waals surface area contributed by atoms with Crippen LogP contribution in [0.25, 0.3) is 0 Å². The van der Waals surface area contributed by atoms with Gasteiger partial charge in [-0.1, -0.05) is 6.07 Å². The minimum atomic E-state index is -0.00963. The van der Waals surface area contributed by atoms with Crippen LogP contribution in [0.3, 0.4) is 0 Å². The van der Waals surface area contributed by atoms with Crippen molar-refractivity contribution in [3.8, 4) is 5.75 Å². The second-order valence-corrected chi connectivity index (χ2v) is 6.36. The zero-order chi connectivity index (χ0) is 17.1. The first-order valence-corrected chi connectivity index (χ1v) is 8.40. The number of ether oxygens (including phenoxy) is 2. The summed E-state index contributed by atoms with van der Waals surface area (Å²) in [5, 5.41) is 0. The molecule has 2 heterocycles. The highest BCUT2D eigenvalue weighted by Crippen LogP contribution is 2.21. The number of aryl methyl sites for hydroxylation is 1. The lowest BCUT2D eigenvalue weighted by atomic mass is 10.1. The minimum absolute atomic E-state index is 0.00592. The Morgan fingerprint density at radius 3 is 2.50 bits per heavy atom. The lowest BCUT2D eigenvalue weighted by molar-refractivity contribution is -0.137. The molecule has 0 aromatic heterocycles. The van der Waals surface area contributed by atoms with Crippen molar-refractivity contribution >= 4 is 11.8 Å². The number of carbonyl (C=O) groups excluding carboxylic acids is 2. The Bertz CT molecular complexity index is 617. The van der Waals surface area contributed by atoms with Gasteiger partial charge in [-0.05, 0) is 31.0 Å². The molecule has 3 rings (SSSR count). The number of rotatable bonds is 3. The number of nitrogens with zero attached hydrogens (tertiary/aromatic N) is 2. The Morgan fingerprint density at radius 2 is 1.88 bits per heavy atom. The van der Waals surface area contributed by atoms with Crippen molar-refractivity contribution in [1.29, 1.82) is 0 Å². The lowest BCUT2D eigenvalue weighted by Crippen LogP contribution is -2.52. The third kappa shape index (κ3) is 3.38. The lowest BCUT2D eigenvalue weighted by Gasteiger charge is -2.35. The number of methoxy groups -OCH3 is 1.